The van der Waals surface area contributed by atoms with E-state index in [0.717, 1.165) is 18.6 Å². The summed E-state index contributed by atoms with van der Waals surface area (Å²) in [5, 5.41) is 5.84. The van der Waals surface area contributed by atoms with Gasteiger partial charge in [0, 0.05) is 13.1 Å². The van der Waals surface area contributed by atoms with Gasteiger partial charge in [0.25, 0.3) is 5.91 Å². The quantitative estimate of drug-likeness (QED) is 0.817. The van der Waals surface area contributed by atoms with E-state index in [-0.39, 0.29) is 12.5 Å². The molecule has 0 radical (unpaired) electrons. The number of carbonyl (C=O) groups is 1. The SMILES string of the molecule is CNC(=O)COc1cccc2c1CCC2NC. The normalized spacial score (nSPS) is 17.6. The molecule has 0 fully saturated rings. The largest absolute Gasteiger partial charge is 0.483 e. The van der Waals surface area contributed by atoms with Crippen LogP contribution in [0.25, 0.3) is 0 Å². The third-order valence-electron chi connectivity index (χ3n) is 3.21. The fourth-order valence-corrected chi connectivity index (χ4v) is 2.27. The number of hydrogen-bond donors (Lipinski definition) is 2. The Morgan fingerprint density at radius 2 is 2.29 bits per heavy atom. The molecule has 0 saturated heterocycles. The molecule has 1 aromatic carbocycles. The first-order valence-electron chi connectivity index (χ1n) is 5.88. The zero-order valence-electron chi connectivity index (χ0n) is 10.2. The Morgan fingerprint density at radius 1 is 1.47 bits per heavy atom. The van der Waals surface area contributed by atoms with E-state index in [1.807, 2.05) is 19.2 Å². The molecule has 1 aliphatic rings. The second kappa shape index (κ2) is 5.19. The van der Waals surface area contributed by atoms with Crippen LogP contribution in [0.1, 0.15) is 23.6 Å². The number of carbonyl (C=O) groups excluding carboxylic acids is 1. The number of rotatable bonds is 4. The summed E-state index contributed by atoms with van der Waals surface area (Å²) >= 11 is 0. The average Bonchev–Trinajstić information content (AvgIpc) is 2.79. The molecular weight excluding hydrogens is 216 g/mol. The first kappa shape index (κ1) is 11.9. The molecular formula is C13H18N2O2. The van der Waals surface area contributed by atoms with Crippen LogP contribution in [0.3, 0.4) is 0 Å². The number of benzene rings is 1. The van der Waals surface area contributed by atoms with E-state index in [2.05, 4.69) is 16.7 Å². The van der Waals surface area contributed by atoms with Gasteiger partial charge in [-0.15, -0.1) is 0 Å². The predicted molar refractivity (Wildman–Crippen MR) is 66.1 cm³/mol. The molecule has 4 heteroatoms. The van der Waals surface area contributed by atoms with Crippen LogP contribution in [0.2, 0.25) is 0 Å². The number of amides is 1. The van der Waals surface area contributed by atoms with Gasteiger partial charge in [-0.1, -0.05) is 12.1 Å². The lowest BCUT2D eigenvalue weighted by atomic mass is 10.1. The van der Waals surface area contributed by atoms with Crippen molar-refractivity contribution in [2.75, 3.05) is 20.7 Å². The number of nitrogens with one attached hydrogen (secondary N) is 2. The molecule has 0 bridgehead atoms. The molecule has 1 unspecified atom stereocenters. The summed E-state index contributed by atoms with van der Waals surface area (Å²) in [5.74, 6) is 0.731. The highest BCUT2D eigenvalue weighted by Crippen LogP contribution is 2.36. The van der Waals surface area contributed by atoms with E-state index in [0.29, 0.717) is 6.04 Å². The molecule has 1 amide bonds. The summed E-state index contributed by atoms with van der Waals surface area (Å²) in [4.78, 5) is 11.2. The highest BCUT2D eigenvalue weighted by Gasteiger charge is 2.23. The van der Waals surface area contributed by atoms with Crippen molar-refractivity contribution in [3.8, 4) is 5.75 Å². The van der Waals surface area contributed by atoms with Gasteiger partial charge in [-0.3, -0.25) is 4.79 Å². The van der Waals surface area contributed by atoms with E-state index in [1.165, 1.54) is 11.1 Å². The molecule has 92 valence electrons. The first-order chi connectivity index (χ1) is 8.26. The Bertz CT molecular complexity index is 418. The molecule has 0 saturated carbocycles. The predicted octanol–water partition coefficient (Wildman–Crippen LogP) is 1.02. The first-order valence-corrected chi connectivity index (χ1v) is 5.88. The van der Waals surface area contributed by atoms with Gasteiger partial charge in [-0.25, -0.2) is 0 Å². The standard InChI is InChI=1S/C13H18N2O2/c1-14-11-7-6-10-9(11)4-3-5-12(10)17-8-13(16)15-2/h3-5,11,14H,6-8H2,1-2H3,(H,15,16). The maximum atomic E-state index is 11.2. The van der Waals surface area contributed by atoms with Crippen molar-refractivity contribution in [1.82, 2.24) is 10.6 Å². The minimum absolute atomic E-state index is 0.0805. The monoisotopic (exact) mass is 234 g/mol. The Morgan fingerprint density at radius 3 is 3.00 bits per heavy atom. The second-order valence-electron chi connectivity index (χ2n) is 4.17. The number of fused-ring (bicyclic) bond motifs is 1. The lowest BCUT2D eigenvalue weighted by Crippen LogP contribution is -2.25. The average molecular weight is 234 g/mol. The minimum Gasteiger partial charge on any atom is -0.483 e. The second-order valence-corrected chi connectivity index (χ2v) is 4.17. The summed E-state index contributed by atoms with van der Waals surface area (Å²) in [6, 6.07) is 6.44. The maximum Gasteiger partial charge on any atom is 0.257 e. The third-order valence-corrected chi connectivity index (χ3v) is 3.21. The van der Waals surface area contributed by atoms with Gasteiger partial charge in [-0.2, -0.15) is 0 Å². The van der Waals surface area contributed by atoms with Crippen LogP contribution < -0.4 is 15.4 Å². The van der Waals surface area contributed by atoms with E-state index in [1.54, 1.807) is 7.05 Å². The molecule has 2 rings (SSSR count). The van der Waals surface area contributed by atoms with Crippen LogP contribution in [0.5, 0.6) is 5.75 Å². The van der Waals surface area contributed by atoms with Crippen LogP contribution in [-0.2, 0) is 11.2 Å². The number of ether oxygens (including phenoxy) is 1. The molecule has 1 atom stereocenters. The van der Waals surface area contributed by atoms with E-state index >= 15 is 0 Å². The van der Waals surface area contributed by atoms with Crippen molar-refractivity contribution in [1.29, 1.82) is 0 Å². The van der Waals surface area contributed by atoms with Gasteiger partial charge < -0.3 is 15.4 Å². The van der Waals surface area contributed by atoms with Gasteiger partial charge >= 0.3 is 0 Å². The van der Waals surface area contributed by atoms with Gasteiger partial charge in [-0.05, 0) is 37.1 Å². The van der Waals surface area contributed by atoms with Crippen molar-refractivity contribution < 1.29 is 9.53 Å². The van der Waals surface area contributed by atoms with E-state index in [9.17, 15) is 4.79 Å². The molecule has 17 heavy (non-hydrogen) atoms. The van der Waals surface area contributed by atoms with Crippen molar-refractivity contribution in [3.63, 3.8) is 0 Å². The molecule has 2 N–H and O–H groups in total. The van der Waals surface area contributed by atoms with E-state index in [4.69, 9.17) is 4.74 Å². The summed E-state index contributed by atoms with van der Waals surface area (Å²) in [7, 11) is 3.58. The van der Waals surface area contributed by atoms with Gasteiger partial charge in [0.2, 0.25) is 0 Å². The lowest BCUT2D eigenvalue weighted by molar-refractivity contribution is -0.122. The summed E-state index contributed by atoms with van der Waals surface area (Å²) in [6.07, 6.45) is 2.09. The number of hydrogen-bond acceptors (Lipinski definition) is 3. The smallest absolute Gasteiger partial charge is 0.257 e. The van der Waals surface area contributed by atoms with Crippen LogP contribution in [0, 0.1) is 0 Å². The fraction of sp³-hybridized carbons (Fsp3) is 0.462. The third kappa shape index (κ3) is 2.42. The molecule has 0 aliphatic heterocycles. The van der Waals surface area contributed by atoms with Crippen LogP contribution in [-0.4, -0.2) is 26.6 Å². The Kier molecular flexibility index (Phi) is 3.64. The zero-order valence-corrected chi connectivity index (χ0v) is 10.2. The summed E-state index contributed by atoms with van der Waals surface area (Å²) < 4.78 is 5.55. The van der Waals surface area contributed by atoms with Crippen molar-refractivity contribution in [2.45, 2.75) is 18.9 Å². The topological polar surface area (TPSA) is 50.4 Å². The van der Waals surface area contributed by atoms with Gasteiger partial charge in [0.05, 0.1) is 0 Å². The van der Waals surface area contributed by atoms with Crippen molar-refractivity contribution in [2.24, 2.45) is 0 Å². The van der Waals surface area contributed by atoms with Crippen molar-refractivity contribution >= 4 is 5.91 Å². The molecule has 1 aromatic rings. The van der Waals surface area contributed by atoms with Crippen molar-refractivity contribution in [3.05, 3.63) is 29.3 Å². The Labute approximate surface area is 101 Å². The lowest BCUT2D eigenvalue weighted by Gasteiger charge is -2.12. The highest BCUT2D eigenvalue weighted by atomic mass is 16.5. The Balaban J connectivity index is 2.14. The fourth-order valence-electron chi connectivity index (χ4n) is 2.27. The summed E-state index contributed by atoms with van der Waals surface area (Å²) in [6.45, 7) is 0.0805. The Hall–Kier alpha value is -1.55. The van der Waals surface area contributed by atoms with Gasteiger partial charge in [0.1, 0.15) is 5.75 Å². The van der Waals surface area contributed by atoms with Gasteiger partial charge in [0.15, 0.2) is 6.61 Å². The molecule has 1 aliphatic carbocycles. The number of likely N-dealkylation sites (N-methyl/N-ethyl adjacent to an activating group) is 1. The zero-order chi connectivity index (χ0) is 12.3. The molecule has 4 nitrogen and oxygen atoms in total. The molecule has 0 spiro atoms. The van der Waals surface area contributed by atoms with E-state index < -0.39 is 0 Å². The summed E-state index contributed by atoms with van der Waals surface area (Å²) in [5.41, 5.74) is 2.53. The van der Waals surface area contributed by atoms with Crippen LogP contribution in [0.4, 0.5) is 0 Å². The van der Waals surface area contributed by atoms with Crippen LogP contribution >= 0.6 is 0 Å². The molecule has 0 aromatic heterocycles. The molecule has 0 heterocycles. The maximum absolute atomic E-state index is 11.2. The minimum atomic E-state index is -0.106. The highest BCUT2D eigenvalue weighted by molar-refractivity contribution is 5.77. The van der Waals surface area contributed by atoms with Crippen LogP contribution in [0.15, 0.2) is 18.2 Å².